The highest BCUT2D eigenvalue weighted by molar-refractivity contribution is 4.90. The summed E-state index contributed by atoms with van der Waals surface area (Å²) in [5.41, 5.74) is 0. The topological polar surface area (TPSA) is 110 Å². The van der Waals surface area contributed by atoms with Crippen molar-refractivity contribution in [2.24, 2.45) is 0 Å². The second-order valence-corrected chi connectivity index (χ2v) is 2.82. The molecule has 1 unspecified atom stereocenters. The third-order valence-corrected chi connectivity index (χ3v) is 1.91. The lowest BCUT2D eigenvalue weighted by molar-refractivity contribution is -0.331. The van der Waals surface area contributed by atoms with Gasteiger partial charge in [-0.3, -0.25) is 0 Å². The standard InChI is InChI=1S/C6H12O6/c7-2-6(11)5(10)4(9)3(8)1-12-6/h3-5,7-11H,1-2H2/t3-,4-,5+,6?/m1/s1/i1+1,2+1,4+1,5+1. The first-order chi connectivity index (χ1) is 5.51. The minimum Gasteiger partial charge on any atom is -0.391 e. The molecule has 1 aliphatic rings. The Kier molecular flexibility index (Phi) is 2.67. The molecule has 6 nitrogen and oxygen atoms in total. The van der Waals surface area contributed by atoms with E-state index >= 15 is 0 Å². The summed E-state index contributed by atoms with van der Waals surface area (Å²) in [6.45, 7) is -1.16. The van der Waals surface area contributed by atoms with Crippen LogP contribution in [0.5, 0.6) is 0 Å². The number of aliphatic hydroxyl groups excluding tert-OH is 4. The monoisotopic (exact) mass is 184 g/mol. The van der Waals surface area contributed by atoms with Crippen LogP contribution in [0.2, 0.25) is 0 Å². The molecule has 0 aromatic rings. The molecule has 0 radical (unpaired) electrons. The van der Waals surface area contributed by atoms with Crippen molar-refractivity contribution in [2.45, 2.75) is 24.1 Å². The second kappa shape index (κ2) is 3.25. The first-order valence-corrected chi connectivity index (χ1v) is 3.52. The first kappa shape index (κ1) is 9.85. The number of ether oxygens (including phenoxy) is 1. The van der Waals surface area contributed by atoms with Crippen LogP contribution < -0.4 is 0 Å². The molecule has 4 atom stereocenters. The second-order valence-electron chi connectivity index (χ2n) is 2.82. The Morgan fingerprint density at radius 1 is 1.33 bits per heavy atom. The Labute approximate surface area is 68.6 Å². The van der Waals surface area contributed by atoms with Gasteiger partial charge in [-0.2, -0.15) is 0 Å². The van der Waals surface area contributed by atoms with E-state index in [0.717, 1.165) is 0 Å². The van der Waals surface area contributed by atoms with Gasteiger partial charge in [-0.05, 0) is 0 Å². The summed E-state index contributed by atoms with van der Waals surface area (Å²) in [5.74, 6) is -2.17. The highest BCUT2D eigenvalue weighted by atomic mass is 16.7. The van der Waals surface area contributed by atoms with Crippen molar-refractivity contribution in [3.8, 4) is 0 Å². The molecule has 0 aromatic heterocycles. The summed E-state index contributed by atoms with van der Waals surface area (Å²) < 4.78 is 4.56. The van der Waals surface area contributed by atoms with E-state index in [1.165, 1.54) is 0 Å². The third-order valence-electron chi connectivity index (χ3n) is 1.91. The third kappa shape index (κ3) is 1.45. The van der Waals surface area contributed by atoms with Crippen molar-refractivity contribution in [3.05, 3.63) is 0 Å². The van der Waals surface area contributed by atoms with Crippen LogP contribution in [-0.4, -0.2) is 62.8 Å². The molecule has 1 saturated heterocycles. The Morgan fingerprint density at radius 3 is 2.42 bits per heavy atom. The molecular weight excluding hydrogens is 172 g/mol. The van der Waals surface area contributed by atoms with E-state index in [2.05, 4.69) is 4.74 Å². The van der Waals surface area contributed by atoms with Crippen LogP contribution in [0.4, 0.5) is 0 Å². The van der Waals surface area contributed by atoms with Crippen molar-refractivity contribution in [1.82, 2.24) is 0 Å². The number of aliphatic hydroxyl groups is 5. The Hall–Kier alpha value is -0.240. The average Bonchev–Trinajstić information content (AvgIpc) is 2.09. The zero-order chi connectivity index (χ0) is 9.35. The highest BCUT2D eigenvalue weighted by Gasteiger charge is 2.47. The van der Waals surface area contributed by atoms with Crippen LogP contribution in [0.1, 0.15) is 0 Å². The molecule has 0 amide bonds. The van der Waals surface area contributed by atoms with Crippen LogP contribution in [0.25, 0.3) is 0 Å². The predicted molar refractivity (Wildman–Crippen MR) is 36.0 cm³/mol. The Balaban J connectivity index is 2.71. The predicted octanol–water partition coefficient (Wildman–Crippen LogP) is -3.22. The lowest BCUT2D eigenvalue weighted by Gasteiger charge is -2.40. The highest BCUT2D eigenvalue weighted by Crippen LogP contribution is 2.22. The minimum absolute atomic E-state index is 0.324. The molecule has 1 rings (SSSR count). The smallest absolute Gasteiger partial charge is 0.218 e. The van der Waals surface area contributed by atoms with Gasteiger partial charge < -0.3 is 30.3 Å². The largest absolute Gasteiger partial charge is 0.391 e. The molecule has 12 heavy (non-hydrogen) atoms. The lowest BCUT2D eigenvalue weighted by Crippen LogP contribution is -2.62. The molecule has 0 saturated carbocycles. The zero-order valence-electron chi connectivity index (χ0n) is 6.29. The van der Waals surface area contributed by atoms with Crippen molar-refractivity contribution in [3.63, 3.8) is 0 Å². The molecular formula is C6H12O6. The molecule has 0 spiro atoms. The Morgan fingerprint density at radius 2 is 1.92 bits per heavy atom. The fourth-order valence-electron chi connectivity index (χ4n) is 1.03. The van der Waals surface area contributed by atoms with E-state index in [1.807, 2.05) is 0 Å². The van der Waals surface area contributed by atoms with Gasteiger partial charge in [-0.15, -0.1) is 0 Å². The van der Waals surface area contributed by atoms with Crippen LogP contribution in [0.15, 0.2) is 0 Å². The van der Waals surface area contributed by atoms with E-state index in [4.69, 9.17) is 20.4 Å². The van der Waals surface area contributed by atoms with Gasteiger partial charge in [0.1, 0.15) is 18.3 Å². The summed E-state index contributed by atoms with van der Waals surface area (Å²) in [5, 5.41) is 45.0. The number of hydrogen-bond acceptors (Lipinski definition) is 6. The maximum absolute atomic E-state index is 9.24. The van der Waals surface area contributed by atoms with Gasteiger partial charge in [0, 0.05) is 0 Å². The summed E-state index contributed by atoms with van der Waals surface area (Å²) in [6.07, 6.45) is -4.45. The fourth-order valence-corrected chi connectivity index (χ4v) is 1.03. The molecule has 6 heteroatoms. The molecule has 0 bridgehead atoms. The summed E-state index contributed by atoms with van der Waals surface area (Å²) in [7, 11) is 0. The maximum Gasteiger partial charge on any atom is 0.218 e. The van der Waals surface area contributed by atoms with E-state index < -0.39 is 30.7 Å². The lowest BCUT2D eigenvalue weighted by atomic mass is 10.5. The SMILES string of the molecule is O[13CH2]C1(O)O[13CH2][C@@H](O)[13C@@H](O)[13C@@H]1O. The molecule has 5 N–H and O–H groups in total. The molecule has 0 aromatic carbocycles. The summed E-state index contributed by atoms with van der Waals surface area (Å²) >= 11 is 0. The number of hydrogen-bond donors (Lipinski definition) is 5. The molecule has 1 fully saturated rings. The van der Waals surface area contributed by atoms with Crippen molar-refractivity contribution < 1.29 is 30.3 Å². The van der Waals surface area contributed by atoms with Gasteiger partial charge in [0.05, 0.1) is 13.2 Å². The average molecular weight is 184 g/mol. The van der Waals surface area contributed by atoms with E-state index in [1.54, 1.807) is 0 Å². The van der Waals surface area contributed by atoms with E-state index in [-0.39, 0.29) is 6.61 Å². The quantitative estimate of drug-likeness (QED) is 0.274. The van der Waals surface area contributed by atoms with Crippen molar-refractivity contribution in [1.29, 1.82) is 0 Å². The van der Waals surface area contributed by atoms with Crippen LogP contribution in [-0.2, 0) is 4.74 Å². The molecule has 72 valence electrons. The van der Waals surface area contributed by atoms with Gasteiger partial charge >= 0.3 is 0 Å². The molecule has 1 heterocycles. The van der Waals surface area contributed by atoms with Gasteiger partial charge in [0.2, 0.25) is 5.79 Å². The van der Waals surface area contributed by atoms with Gasteiger partial charge in [0.15, 0.2) is 0 Å². The molecule has 0 aliphatic carbocycles. The summed E-state index contributed by atoms with van der Waals surface area (Å²) in [4.78, 5) is 0. The van der Waals surface area contributed by atoms with Crippen molar-refractivity contribution in [2.75, 3.05) is 13.2 Å². The van der Waals surface area contributed by atoms with Crippen molar-refractivity contribution >= 4 is 0 Å². The molecule has 1 aliphatic heterocycles. The minimum atomic E-state index is -2.17. The van der Waals surface area contributed by atoms with E-state index in [9.17, 15) is 5.11 Å². The summed E-state index contributed by atoms with van der Waals surface area (Å²) in [6, 6.07) is 0. The van der Waals surface area contributed by atoms with Crippen LogP contribution in [0.3, 0.4) is 0 Å². The van der Waals surface area contributed by atoms with E-state index in [0.29, 0.717) is 0 Å². The normalized spacial score (nSPS) is 49.2. The van der Waals surface area contributed by atoms with Crippen LogP contribution in [0, 0.1) is 0 Å². The van der Waals surface area contributed by atoms with Gasteiger partial charge in [-0.1, -0.05) is 0 Å². The van der Waals surface area contributed by atoms with Gasteiger partial charge in [-0.25, -0.2) is 0 Å². The zero-order valence-corrected chi connectivity index (χ0v) is 6.29. The van der Waals surface area contributed by atoms with Gasteiger partial charge in [0.25, 0.3) is 0 Å². The maximum atomic E-state index is 9.24. The van der Waals surface area contributed by atoms with Crippen LogP contribution >= 0.6 is 0 Å². The first-order valence-electron chi connectivity index (χ1n) is 3.52. The fraction of sp³-hybridized carbons (Fsp3) is 1.00. The Bertz CT molecular complexity index is 162. The number of rotatable bonds is 1.